The molecule has 3 rings (SSSR count). The average Bonchev–Trinajstić information content (AvgIpc) is 2.94. The van der Waals surface area contributed by atoms with E-state index in [1.165, 1.54) is 6.08 Å². The van der Waals surface area contributed by atoms with Crippen molar-refractivity contribution in [3.63, 3.8) is 0 Å². The molecule has 1 saturated heterocycles. The summed E-state index contributed by atoms with van der Waals surface area (Å²) < 4.78 is 2.23. The highest BCUT2D eigenvalue weighted by molar-refractivity contribution is 5.87. The molecule has 102 valence electrons. The van der Waals surface area contributed by atoms with Crippen LogP contribution in [0.2, 0.25) is 0 Å². The Labute approximate surface area is 113 Å². The third-order valence-electron chi connectivity index (χ3n) is 4.24. The number of hydrogen-bond acceptors (Lipinski definition) is 3. The van der Waals surface area contributed by atoms with E-state index in [0.717, 1.165) is 51.4 Å². The van der Waals surface area contributed by atoms with Crippen LogP contribution in [-0.2, 0) is 17.9 Å². The minimum absolute atomic E-state index is 0.0626. The van der Waals surface area contributed by atoms with Gasteiger partial charge in [0.25, 0.3) is 0 Å². The normalized spacial score (nSPS) is 21.2. The molecule has 3 heterocycles. The van der Waals surface area contributed by atoms with Crippen LogP contribution in [0.4, 0.5) is 0 Å². The molecule has 1 amide bonds. The Kier molecular flexibility index (Phi) is 3.38. The summed E-state index contributed by atoms with van der Waals surface area (Å²) in [5.74, 6) is 1.23. The van der Waals surface area contributed by atoms with E-state index >= 15 is 0 Å². The predicted molar refractivity (Wildman–Crippen MR) is 72.4 cm³/mol. The standard InChI is InChI=1S/C14H20N4O/c1-2-14(19)17-6-3-12(4-7-17)18-10-9-16-8-5-15-13(16)11-18/h2,5,8,12H,1,3-4,6-7,9-11H2. The third-order valence-corrected chi connectivity index (χ3v) is 4.24. The molecule has 0 radical (unpaired) electrons. The number of carbonyl (C=O) groups is 1. The number of aromatic nitrogens is 2. The highest BCUT2D eigenvalue weighted by Crippen LogP contribution is 2.21. The number of imidazole rings is 1. The maximum Gasteiger partial charge on any atom is 0.245 e. The number of rotatable bonds is 2. The monoisotopic (exact) mass is 260 g/mol. The minimum Gasteiger partial charge on any atom is -0.339 e. The van der Waals surface area contributed by atoms with E-state index in [2.05, 4.69) is 27.2 Å². The molecule has 0 N–H and O–H groups in total. The molecular formula is C14H20N4O. The van der Waals surface area contributed by atoms with E-state index in [-0.39, 0.29) is 5.91 Å². The van der Waals surface area contributed by atoms with Gasteiger partial charge in [-0.15, -0.1) is 0 Å². The van der Waals surface area contributed by atoms with Crippen LogP contribution in [0, 0.1) is 0 Å². The van der Waals surface area contributed by atoms with Gasteiger partial charge in [0.2, 0.25) is 5.91 Å². The fourth-order valence-corrected chi connectivity index (χ4v) is 3.08. The zero-order valence-corrected chi connectivity index (χ0v) is 11.2. The summed E-state index contributed by atoms with van der Waals surface area (Å²) in [7, 11) is 0. The maximum atomic E-state index is 11.6. The maximum absolute atomic E-state index is 11.6. The quantitative estimate of drug-likeness (QED) is 0.741. The van der Waals surface area contributed by atoms with Gasteiger partial charge >= 0.3 is 0 Å². The van der Waals surface area contributed by atoms with Gasteiger partial charge < -0.3 is 9.47 Å². The van der Waals surface area contributed by atoms with Crippen molar-refractivity contribution >= 4 is 5.91 Å². The Morgan fingerprint density at radius 1 is 1.32 bits per heavy atom. The summed E-state index contributed by atoms with van der Waals surface area (Å²) in [6, 6.07) is 0.583. The molecule has 2 aliphatic rings. The molecule has 0 saturated carbocycles. The first-order valence-electron chi connectivity index (χ1n) is 6.93. The van der Waals surface area contributed by atoms with Gasteiger partial charge in [0, 0.05) is 44.6 Å². The van der Waals surface area contributed by atoms with Gasteiger partial charge in [-0.25, -0.2) is 4.98 Å². The Morgan fingerprint density at radius 2 is 2.11 bits per heavy atom. The smallest absolute Gasteiger partial charge is 0.245 e. The summed E-state index contributed by atoms with van der Waals surface area (Å²) in [6.45, 7) is 8.30. The second-order valence-corrected chi connectivity index (χ2v) is 5.27. The van der Waals surface area contributed by atoms with Crippen molar-refractivity contribution in [2.24, 2.45) is 0 Å². The van der Waals surface area contributed by atoms with Gasteiger partial charge in [0.15, 0.2) is 0 Å². The largest absolute Gasteiger partial charge is 0.339 e. The second-order valence-electron chi connectivity index (χ2n) is 5.27. The predicted octanol–water partition coefficient (Wildman–Crippen LogP) is 0.876. The molecule has 1 aromatic heterocycles. The van der Waals surface area contributed by atoms with Gasteiger partial charge in [0.05, 0.1) is 6.54 Å². The van der Waals surface area contributed by atoms with Gasteiger partial charge in [0.1, 0.15) is 5.82 Å². The SMILES string of the molecule is C=CC(=O)N1CCC(N2CCn3ccnc3C2)CC1. The van der Waals surface area contributed by atoms with Gasteiger partial charge in [-0.3, -0.25) is 9.69 Å². The number of amides is 1. The molecule has 0 atom stereocenters. The molecular weight excluding hydrogens is 240 g/mol. The Morgan fingerprint density at radius 3 is 2.84 bits per heavy atom. The molecule has 1 fully saturated rings. The lowest BCUT2D eigenvalue weighted by Crippen LogP contribution is -2.48. The first kappa shape index (κ1) is 12.4. The summed E-state index contributed by atoms with van der Waals surface area (Å²) in [4.78, 5) is 20.4. The Hall–Kier alpha value is -1.62. The van der Waals surface area contributed by atoms with Crippen molar-refractivity contribution in [1.82, 2.24) is 19.4 Å². The van der Waals surface area contributed by atoms with Crippen molar-refractivity contribution in [2.75, 3.05) is 19.6 Å². The van der Waals surface area contributed by atoms with Gasteiger partial charge in [-0.2, -0.15) is 0 Å². The van der Waals surface area contributed by atoms with E-state index in [1.54, 1.807) is 0 Å². The second kappa shape index (κ2) is 5.17. The van der Waals surface area contributed by atoms with Crippen LogP contribution in [0.1, 0.15) is 18.7 Å². The number of likely N-dealkylation sites (tertiary alicyclic amines) is 1. The van der Waals surface area contributed by atoms with E-state index in [9.17, 15) is 4.79 Å². The molecule has 2 aliphatic heterocycles. The summed E-state index contributed by atoms with van der Waals surface area (Å²) in [5.41, 5.74) is 0. The molecule has 0 aromatic carbocycles. The van der Waals surface area contributed by atoms with Gasteiger partial charge in [-0.05, 0) is 18.9 Å². The van der Waals surface area contributed by atoms with E-state index < -0.39 is 0 Å². The number of hydrogen-bond donors (Lipinski definition) is 0. The van der Waals surface area contributed by atoms with Crippen LogP contribution >= 0.6 is 0 Å². The van der Waals surface area contributed by atoms with Crippen molar-refractivity contribution in [3.05, 3.63) is 30.9 Å². The Balaban J connectivity index is 1.58. The van der Waals surface area contributed by atoms with Crippen LogP contribution in [0.25, 0.3) is 0 Å². The molecule has 0 spiro atoms. The van der Waals surface area contributed by atoms with Crippen LogP contribution in [0.3, 0.4) is 0 Å². The highest BCUT2D eigenvalue weighted by Gasteiger charge is 2.28. The van der Waals surface area contributed by atoms with Crippen molar-refractivity contribution in [1.29, 1.82) is 0 Å². The van der Waals surface area contributed by atoms with Crippen molar-refractivity contribution in [2.45, 2.75) is 32.0 Å². The number of nitrogens with zero attached hydrogens (tertiary/aromatic N) is 4. The summed E-state index contributed by atoms with van der Waals surface area (Å²) in [5, 5.41) is 0. The molecule has 5 heteroatoms. The molecule has 0 aliphatic carbocycles. The fourth-order valence-electron chi connectivity index (χ4n) is 3.08. The molecule has 0 bridgehead atoms. The van der Waals surface area contributed by atoms with E-state index in [0.29, 0.717) is 6.04 Å². The summed E-state index contributed by atoms with van der Waals surface area (Å²) >= 11 is 0. The van der Waals surface area contributed by atoms with Crippen LogP contribution < -0.4 is 0 Å². The van der Waals surface area contributed by atoms with Crippen molar-refractivity contribution < 1.29 is 4.79 Å². The third kappa shape index (κ3) is 2.42. The van der Waals surface area contributed by atoms with Crippen LogP contribution in [-0.4, -0.2) is 50.9 Å². The zero-order valence-electron chi connectivity index (χ0n) is 11.2. The number of fused-ring (bicyclic) bond motifs is 1. The summed E-state index contributed by atoms with van der Waals surface area (Å²) in [6.07, 6.45) is 7.46. The van der Waals surface area contributed by atoms with Crippen LogP contribution in [0.15, 0.2) is 25.0 Å². The lowest BCUT2D eigenvalue weighted by atomic mass is 10.0. The first-order chi connectivity index (χ1) is 9.28. The number of piperidine rings is 1. The highest BCUT2D eigenvalue weighted by atomic mass is 16.2. The average molecular weight is 260 g/mol. The molecule has 1 aromatic rings. The Bertz CT molecular complexity index is 474. The van der Waals surface area contributed by atoms with Crippen molar-refractivity contribution in [3.8, 4) is 0 Å². The topological polar surface area (TPSA) is 41.4 Å². The first-order valence-corrected chi connectivity index (χ1v) is 6.93. The molecule has 19 heavy (non-hydrogen) atoms. The lowest BCUT2D eigenvalue weighted by Gasteiger charge is -2.39. The lowest BCUT2D eigenvalue weighted by molar-refractivity contribution is -0.127. The minimum atomic E-state index is 0.0626. The number of carbonyl (C=O) groups excluding carboxylic acids is 1. The van der Waals surface area contributed by atoms with E-state index in [4.69, 9.17) is 0 Å². The van der Waals surface area contributed by atoms with Gasteiger partial charge in [-0.1, -0.05) is 6.58 Å². The molecule has 5 nitrogen and oxygen atoms in total. The fraction of sp³-hybridized carbons (Fsp3) is 0.571. The van der Waals surface area contributed by atoms with E-state index in [1.807, 2.05) is 11.1 Å². The zero-order chi connectivity index (χ0) is 13.2. The van der Waals surface area contributed by atoms with Crippen LogP contribution in [0.5, 0.6) is 0 Å². The molecule has 0 unspecified atom stereocenters.